The molecular formula is C22H23N5O2. The van der Waals surface area contributed by atoms with E-state index in [-0.39, 0.29) is 11.7 Å². The molecule has 0 aliphatic rings. The van der Waals surface area contributed by atoms with Gasteiger partial charge in [-0.3, -0.25) is 14.2 Å². The third-order valence-corrected chi connectivity index (χ3v) is 4.61. The van der Waals surface area contributed by atoms with Gasteiger partial charge in [0.2, 0.25) is 0 Å². The van der Waals surface area contributed by atoms with Crippen LogP contribution in [-0.4, -0.2) is 25.5 Å². The lowest BCUT2D eigenvalue weighted by atomic mass is 10.1. The highest BCUT2D eigenvalue weighted by Crippen LogP contribution is 2.15. The van der Waals surface area contributed by atoms with Crippen LogP contribution in [-0.2, 0) is 13.1 Å². The standard InChI is InChI=1S/C22H23N5O2/c1-15-5-4-6-18(9-15)12-26-13-19(11-23-26)24-22(28)21-8-7-20(29-21)14-27-17(3)10-16(2)25-27/h4-11,13H,12,14H2,1-3H3,(H,24,28). The number of rotatable bonds is 6. The minimum absolute atomic E-state index is 0.257. The van der Waals surface area contributed by atoms with Crippen molar-refractivity contribution in [1.82, 2.24) is 19.6 Å². The average molecular weight is 389 g/mol. The molecule has 0 bridgehead atoms. The van der Waals surface area contributed by atoms with Gasteiger partial charge in [0, 0.05) is 11.9 Å². The Morgan fingerprint density at radius 2 is 1.97 bits per heavy atom. The Morgan fingerprint density at radius 3 is 2.72 bits per heavy atom. The molecule has 0 aliphatic carbocycles. The first kappa shape index (κ1) is 18.7. The normalized spacial score (nSPS) is 11.0. The fourth-order valence-electron chi connectivity index (χ4n) is 3.27. The summed E-state index contributed by atoms with van der Waals surface area (Å²) in [6.07, 6.45) is 3.44. The van der Waals surface area contributed by atoms with Gasteiger partial charge >= 0.3 is 0 Å². The van der Waals surface area contributed by atoms with Crippen LogP contribution in [0.3, 0.4) is 0 Å². The number of anilines is 1. The van der Waals surface area contributed by atoms with Crippen molar-refractivity contribution in [3.05, 3.63) is 88.9 Å². The van der Waals surface area contributed by atoms with Gasteiger partial charge < -0.3 is 9.73 Å². The molecule has 3 heterocycles. The Balaban J connectivity index is 1.39. The number of hydrogen-bond donors (Lipinski definition) is 1. The molecule has 0 saturated carbocycles. The molecule has 0 radical (unpaired) electrons. The highest BCUT2D eigenvalue weighted by Gasteiger charge is 2.14. The molecule has 3 aromatic heterocycles. The summed E-state index contributed by atoms with van der Waals surface area (Å²) >= 11 is 0. The second-order valence-corrected chi connectivity index (χ2v) is 7.22. The first-order chi connectivity index (χ1) is 14.0. The molecule has 0 spiro atoms. The smallest absolute Gasteiger partial charge is 0.291 e. The molecule has 0 aliphatic heterocycles. The lowest BCUT2D eigenvalue weighted by Crippen LogP contribution is -2.10. The van der Waals surface area contributed by atoms with Gasteiger partial charge in [-0.15, -0.1) is 0 Å². The predicted molar refractivity (Wildman–Crippen MR) is 110 cm³/mol. The van der Waals surface area contributed by atoms with E-state index in [4.69, 9.17) is 4.42 Å². The average Bonchev–Trinajstić information content (AvgIpc) is 3.37. The zero-order valence-corrected chi connectivity index (χ0v) is 16.7. The molecule has 148 valence electrons. The highest BCUT2D eigenvalue weighted by atomic mass is 16.4. The zero-order chi connectivity index (χ0) is 20.4. The molecule has 29 heavy (non-hydrogen) atoms. The van der Waals surface area contributed by atoms with E-state index < -0.39 is 0 Å². The van der Waals surface area contributed by atoms with Crippen LogP contribution in [0.25, 0.3) is 0 Å². The second-order valence-electron chi connectivity index (χ2n) is 7.22. The molecule has 0 atom stereocenters. The van der Waals surface area contributed by atoms with Crippen molar-refractivity contribution < 1.29 is 9.21 Å². The third kappa shape index (κ3) is 4.45. The lowest BCUT2D eigenvalue weighted by Gasteiger charge is -2.03. The Labute approximate surface area is 169 Å². The predicted octanol–water partition coefficient (Wildman–Crippen LogP) is 3.95. The summed E-state index contributed by atoms with van der Waals surface area (Å²) in [5, 5.41) is 11.6. The minimum atomic E-state index is -0.306. The zero-order valence-electron chi connectivity index (χ0n) is 16.7. The number of furan rings is 1. The quantitative estimate of drug-likeness (QED) is 0.542. The largest absolute Gasteiger partial charge is 0.454 e. The maximum Gasteiger partial charge on any atom is 0.291 e. The Bertz CT molecular complexity index is 1150. The number of nitrogens with one attached hydrogen (secondary N) is 1. The minimum Gasteiger partial charge on any atom is -0.454 e. The fraction of sp³-hybridized carbons (Fsp3) is 0.227. The SMILES string of the molecule is Cc1cccc(Cn2cc(NC(=O)c3ccc(Cn4nc(C)cc4C)o3)cn2)c1. The fourth-order valence-corrected chi connectivity index (χ4v) is 3.27. The number of benzene rings is 1. The number of amides is 1. The Kier molecular flexibility index (Phi) is 5.03. The van der Waals surface area contributed by atoms with Gasteiger partial charge in [0.05, 0.1) is 30.7 Å². The van der Waals surface area contributed by atoms with Crippen molar-refractivity contribution in [3.63, 3.8) is 0 Å². The summed E-state index contributed by atoms with van der Waals surface area (Å²) in [6.45, 7) is 7.13. The van der Waals surface area contributed by atoms with Crippen LogP contribution >= 0.6 is 0 Å². The van der Waals surface area contributed by atoms with E-state index in [1.807, 2.05) is 30.7 Å². The van der Waals surface area contributed by atoms with Crippen molar-refractivity contribution in [2.75, 3.05) is 5.32 Å². The van der Waals surface area contributed by atoms with Gasteiger partial charge in [-0.2, -0.15) is 10.2 Å². The van der Waals surface area contributed by atoms with E-state index >= 15 is 0 Å². The highest BCUT2D eigenvalue weighted by molar-refractivity contribution is 6.02. The first-order valence-electron chi connectivity index (χ1n) is 9.45. The number of nitrogens with zero attached hydrogens (tertiary/aromatic N) is 4. The summed E-state index contributed by atoms with van der Waals surface area (Å²) in [5.74, 6) is 0.629. The van der Waals surface area contributed by atoms with E-state index in [0.29, 0.717) is 24.5 Å². The molecule has 7 heteroatoms. The molecular weight excluding hydrogens is 366 g/mol. The molecule has 7 nitrogen and oxygen atoms in total. The number of carbonyl (C=O) groups is 1. The maximum atomic E-state index is 12.5. The van der Waals surface area contributed by atoms with Gasteiger partial charge in [0.25, 0.3) is 5.91 Å². The van der Waals surface area contributed by atoms with E-state index in [0.717, 1.165) is 17.0 Å². The van der Waals surface area contributed by atoms with Crippen molar-refractivity contribution in [2.45, 2.75) is 33.9 Å². The van der Waals surface area contributed by atoms with Crippen LogP contribution in [0.1, 0.15) is 38.8 Å². The van der Waals surface area contributed by atoms with E-state index in [1.54, 1.807) is 29.2 Å². The lowest BCUT2D eigenvalue weighted by molar-refractivity contribution is 0.0994. The summed E-state index contributed by atoms with van der Waals surface area (Å²) < 4.78 is 9.35. The monoisotopic (exact) mass is 389 g/mol. The van der Waals surface area contributed by atoms with Gasteiger partial charge in [0.15, 0.2) is 5.76 Å². The van der Waals surface area contributed by atoms with Crippen molar-refractivity contribution in [3.8, 4) is 0 Å². The van der Waals surface area contributed by atoms with E-state index in [9.17, 15) is 4.79 Å². The van der Waals surface area contributed by atoms with Gasteiger partial charge in [-0.05, 0) is 44.5 Å². The second kappa shape index (κ2) is 7.79. The summed E-state index contributed by atoms with van der Waals surface area (Å²) in [4.78, 5) is 12.5. The number of carbonyl (C=O) groups excluding carboxylic acids is 1. The molecule has 1 amide bonds. The van der Waals surface area contributed by atoms with Gasteiger partial charge in [0.1, 0.15) is 5.76 Å². The van der Waals surface area contributed by atoms with Crippen LogP contribution in [0.2, 0.25) is 0 Å². The van der Waals surface area contributed by atoms with Crippen LogP contribution in [0.4, 0.5) is 5.69 Å². The van der Waals surface area contributed by atoms with Crippen LogP contribution in [0.15, 0.2) is 59.3 Å². The van der Waals surface area contributed by atoms with E-state index in [1.165, 1.54) is 5.56 Å². The van der Waals surface area contributed by atoms with Crippen LogP contribution in [0, 0.1) is 20.8 Å². The first-order valence-corrected chi connectivity index (χ1v) is 9.45. The molecule has 1 N–H and O–H groups in total. The maximum absolute atomic E-state index is 12.5. The number of aromatic nitrogens is 4. The summed E-state index contributed by atoms with van der Waals surface area (Å²) in [7, 11) is 0. The van der Waals surface area contributed by atoms with E-state index in [2.05, 4.69) is 40.6 Å². The van der Waals surface area contributed by atoms with Gasteiger partial charge in [-0.1, -0.05) is 29.8 Å². The molecule has 1 aromatic carbocycles. The molecule has 4 rings (SSSR count). The third-order valence-electron chi connectivity index (χ3n) is 4.61. The number of hydrogen-bond acceptors (Lipinski definition) is 4. The molecule has 0 saturated heterocycles. The van der Waals surface area contributed by atoms with Crippen LogP contribution < -0.4 is 5.32 Å². The van der Waals surface area contributed by atoms with Crippen LogP contribution in [0.5, 0.6) is 0 Å². The summed E-state index contributed by atoms with van der Waals surface area (Å²) in [6, 6.07) is 13.7. The van der Waals surface area contributed by atoms with Crippen molar-refractivity contribution in [1.29, 1.82) is 0 Å². The number of aryl methyl sites for hydroxylation is 3. The van der Waals surface area contributed by atoms with Crippen molar-refractivity contribution >= 4 is 11.6 Å². The molecule has 4 aromatic rings. The topological polar surface area (TPSA) is 77.9 Å². The molecule has 0 fully saturated rings. The molecule has 0 unspecified atom stereocenters. The van der Waals surface area contributed by atoms with Crippen molar-refractivity contribution in [2.24, 2.45) is 0 Å². The van der Waals surface area contributed by atoms with Gasteiger partial charge in [-0.25, -0.2) is 0 Å². The Hall–Kier alpha value is -3.61. The summed E-state index contributed by atoms with van der Waals surface area (Å²) in [5.41, 5.74) is 4.99. The Morgan fingerprint density at radius 1 is 1.10 bits per heavy atom.